The van der Waals surface area contributed by atoms with Crippen molar-refractivity contribution >= 4 is 17.4 Å². The average Bonchev–Trinajstić information content (AvgIpc) is 3.06. The Morgan fingerprint density at radius 1 is 1.60 bits per heavy atom. The molecule has 0 bridgehead atoms. The number of carbonyl (C=O) groups is 1. The molecule has 0 aliphatic carbocycles. The van der Waals surface area contributed by atoms with E-state index < -0.39 is 0 Å². The van der Waals surface area contributed by atoms with Crippen molar-refractivity contribution < 1.29 is 9.90 Å². The lowest BCUT2D eigenvalue weighted by Gasteiger charge is -2.22. The van der Waals surface area contributed by atoms with Crippen molar-refractivity contribution in [1.82, 2.24) is 14.6 Å². The monoisotopic (exact) mass is 297 g/mol. The number of hydrogen-bond donors (Lipinski definition) is 2. The third kappa shape index (κ3) is 4.01. The maximum absolute atomic E-state index is 11.9. The van der Waals surface area contributed by atoms with Crippen LogP contribution in [-0.4, -0.2) is 52.6 Å². The first-order valence-electron chi connectivity index (χ1n) is 7.26. The molecule has 20 heavy (non-hydrogen) atoms. The summed E-state index contributed by atoms with van der Waals surface area (Å²) < 4.78 is 4.10. The topological polar surface area (TPSA) is 65.5 Å². The van der Waals surface area contributed by atoms with Crippen molar-refractivity contribution in [2.75, 3.05) is 26.2 Å². The van der Waals surface area contributed by atoms with Crippen LogP contribution in [0.3, 0.4) is 0 Å². The van der Waals surface area contributed by atoms with Crippen LogP contribution >= 0.6 is 11.5 Å². The van der Waals surface area contributed by atoms with Gasteiger partial charge < -0.3 is 10.4 Å². The number of nitrogens with zero attached hydrogens (tertiary/aromatic N) is 2. The number of aliphatic hydroxyl groups is 1. The summed E-state index contributed by atoms with van der Waals surface area (Å²) in [5, 5.41) is 14.0. The van der Waals surface area contributed by atoms with Crippen LogP contribution in [0.15, 0.2) is 5.38 Å². The van der Waals surface area contributed by atoms with Gasteiger partial charge in [0.1, 0.15) is 0 Å². The number of hydrogen-bond acceptors (Lipinski definition) is 5. The summed E-state index contributed by atoms with van der Waals surface area (Å²) in [4.78, 5) is 14.2. The molecule has 1 aromatic rings. The van der Waals surface area contributed by atoms with Crippen molar-refractivity contribution in [2.24, 2.45) is 0 Å². The summed E-state index contributed by atoms with van der Waals surface area (Å²) in [5.41, 5.74) is 1.49. The highest BCUT2D eigenvalue weighted by atomic mass is 32.1. The van der Waals surface area contributed by atoms with Gasteiger partial charge in [-0.2, -0.15) is 4.37 Å². The minimum atomic E-state index is -0.0225. The number of amides is 1. The molecule has 1 aliphatic heterocycles. The van der Waals surface area contributed by atoms with Gasteiger partial charge >= 0.3 is 0 Å². The number of rotatable bonds is 7. The van der Waals surface area contributed by atoms with Gasteiger partial charge in [0.2, 0.25) is 0 Å². The molecule has 1 aromatic heterocycles. The Kier molecular flexibility index (Phi) is 5.94. The van der Waals surface area contributed by atoms with E-state index in [1.807, 2.05) is 6.92 Å². The summed E-state index contributed by atoms with van der Waals surface area (Å²) in [5.74, 6) is -0.0225. The van der Waals surface area contributed by atoms with Gasteiger partial charge in [-0.25, -0.2) is 0 Å². The zero-order valence-electron chi connectivity index (χ0n) is 12.0. The Balaban J connectivity index is 1.60. The van der Waals surface area contributed by atoms with Crippen molar-refractivity contribution in [3.8, 4) is 0 Å². The third-order valence-corrected chi connectivity index (χ3v) is 4.58. The molecule has 0 spiro atoms. The van der Waals surface area contributed by atoms with Crippen molar-refractivity contribution in [2.45, 2.75) is 38.6 Å². The molecule has 0 aromatic carbocycles. The number of unbranched alkanes of at least 4 members (excludes halogenated alkanes) is 1. The summed E-state index contributed by atoms with van der Waals surface area (Å²) in [6.07, 6.45) is 4.32. The molecule has 1 saturated heterocycles. The SMILES string of the molecule is Cc1nscc1C(=O)NCCCCN1CCCC1CO. The molecule has 1 fully saturated rings. The van der Waals surface area contributed by atoms with Gasteiger partial charge in [0.15, 0.2) is 0 Å². The molecule has 6 heteroatoms. The highest BCUT2D eigenvalue weighted by Crippen LogP contribution is 2.16. The molecule has 1 aliphatic rings. The van der Waals surface area contributed by atoms with Gasteiger partial charge in [0, 0.05) is 18.0 Å². The molecule has 0 radical (unpaired) electrons. The fraction of sp³-hybridized carbons (Fsp3) is 0.714. The Labute approximate surface area is 124 Å². The van der Waals surface area contributed by atoms with Crippen LogP contribution in [0.1, 0.15) is 41.7 Å². The minimum absolute atomic E-state index is 0.0225. The predicted molar refractivity (Wildman–Crippen MR) is 80.1 cm³/mol. The van der Waals surface area contributed by atoms with Crippen molar-refractivity contribution in [1.29, 1.82) is 0 Å². The molecule has 1 atom stereocenters. The van der Waals surface area contributed by atoms with Gasteiger partial charge in [-0.05, 0) is 57.2 Å². The quantitative estimate of drug-likeness (QED) is 0.747. The number of carbonyl (C=O) groups excluding carboxylic acids is 1. The van der Waals surface area contributed by atoms with E-state index in [1.54, 1.807) is 5.38 Å². The van der Waals surface area contributed by atoms with E-state index in [9.17, 15) is 9.90 Å². The first kappa shape index (κ1) is 15.4. The van der Waals surface area contributed by atoms with Crippen LogP contribution in [0.2, 0.25) is 0 Å². The number of aryl methyl sites for hydroxylation is 1. The smallest absolute Gasteiger partial charge is 0.254 e. The molecular formula is C14H23N3O2S. The summed E-state index contributed by atoms with van der Waals surface area (Å²) >= 11 is 1.32. The second-order valence-electron chi connectivity index (χ2n) is 5.29. The Morgan fingerprint density at radius 2 is 2.45 bits per heavy atom. The highest BCUT2D eigenvalue weighted by molar-refractivity contribution is 7.03. The van der Waals surface area contributed by atoms with E-state index in [0.717, 1.165) is 38.0 Å². The fourth-order valence-corrected chi connectivity index (χ4v) is 3.34. The lowest BCUT2D eigenvalue weighted by molar-refractivity contribution is 0.0952. The van der Waals surface area contributed by atoms with E-state index in [0.29, 0.717) is 18.2 Å². The van der Waals surface area contributed by atoms with E-state index >= 15 is 0 Å². The van der Waals surface area contributed by atoms with Gasteiger partial charge in [-0.3, -0.25) is 9.69 Å². The Morgan fingerprint density at radius 3 is 3.15 bits per heavy atom. The number of aliphatic hydroxyl groups excluding tert-OH is 1. The van der Waals surface area contributed by atoms with E-state index in [2.05, 4.69) is 14.6 Å². The van der Waals surface area contributed by atoms with Gasteiger partial charge in [-0.1, -0.05) is 0 Å². The molecule has 2 N–H and O–H groups in total. The second kappa shape index (κ2) is 7.71. The van der Waals surface area contributed by atoms with Crippen LogP contribution in [0.25, 0.3) is 0 Å². The number of aromatic nitrogens is 1. The first-order chi connectivity index (χ1) is 9.72. The van der Waals surface area contributed by atoms with Crippen LogP contribution < -0.4 is 5.32 Å². The predicted octanol–water partition coefficient (Wildman–Crippen LogP) is 1.42. The second-order valence-corrected chi connectivity index (χ2v) is 5.92. The van der Waals surface area contributed by atoms with Gasteiger partial charge in [-0.15, -0.1) is 0 Å². The van der Waals surface area contributed by atoms with E-state index in [1.165, 1.54) is 18.0 Å². The molecule has 0 saturated carbocycles. The van der Waals surface area contributed by atoms with Gasteiger partial charge in [0.25, 0.3) is 5.91 Å². The largest absolute Gasteiger partial charge is 0.395 e. The molecule has 112 valence electrons. The summed E-state index contributed by atoms with van der Waals surface area (Å²) in [7, 11) is 0. The maximum atomic E-state index is 11.9. The maximum Gasteiger partial charge on any atom is 0.254 e. The average molecular weight is 297 g/mol. The minimum Gasteiger partial charge on any atom is -0.395 e. The lowest BCUT2D eigenvalue weighted by Crippen LogP contribution is -2.33. The van der Waals surface area contributed by atoms with Gasteiger partial charge in [0.05, 0.1) is 17.9 Å². The lowest BCUT2D eigenvalue weighted by atomic mass is 10.2. The normalized spacial score (nSPS) is 19.4. The molecule has 5 nitrogen and oxygen atoms in total. The summed E-state index contributed by atoms with van der Waals surface area (Å²) in [6, 6.07) is 0.351. The summed E-state index contributed by atoms with van der Waals surface area (Å²) in [6.45, 7) is 4.93. The van der Waals surface area contributed by atoms with E-state index in [4.69, 9.17) is 0 Å². The zero-order valence-corrected chi connectivity index (χ0v) is 12.8. The molecular weight excluding hydrogens is 274 g/mol. The molecule has 1 unspecified atom stereocenters. The fourth-order valence-electron chi connectivity index (χ4n) is 2.64. The van der Waals surface area contributed by atoms with E-state index in [-0.39, 0.29) is 12.5 Å². The van der Waals surface area contributed by atoms with Crippen molar-refractivity contribution in [3.05, 3.63) is 16.6 Å². The standard InChI is InChI=1S/C14H23N3O2S/c1-11-13(10-20-16-11)14(19)15-6-2-3-7-17-8-4-5-12(17)9-18/h10,12,18H,2-9H2,1H3,(H,15,19). The first-order valence-corrected chi connectivity index (χ1v) is 8.10. The number of likely N-dealkylation sites (tertiary alicyclic amines) is 1. The van der Waals surface area contributed by atoms with Crippen LogP contribution in [-0.2, 0) is 0 Å². The molecule has 2 heterocycles. The molecule has 1 amide bonds. The number of nitrogens with one attached hydrogen (secondary N) is 1. The third-order valence-electron chi connectivity index (χ3n) is 3.86. The molecule has 2 rings (SSSR count). The zero-order chi connectivity index (χ0) is 14.4. The Hall–Kier alpha value is -0.980. The van der Waals surface area contributed by atoms with Crippen LogP contribution in [0, 0.1) is 6.92 Å². The van der Waals surface area contributed by atoms with Crippen molar-refractivity contribution in [3.63, 3.8) is 0 Å². The van der Waals surface area contributed by atoms with Crippen LogP contribution in [0.4, 0.5) is 0 Å². The van der Waals surface area contributed by atoms with Crippen LogP contribution in [0.5, 0.6) is 0 Å². The highest BCUT2D eigenvalue weighted by Gasteiger charge is 2.22. The Bertz CT molecular complexity index is 436.